The van der Waals surface area contributed by atoms with E-state index in [1.165, 1.54) is 0 Å². The van der Waals surface area contributed by atoms with E-state index in [0.717, 1.165) is 35.4 Å². The molecule has 0 amide bonds. The fourth-order valence-corrected chi connectivity index (χ4v) is 2.71. The van der Waals surface area contributed by atoms with Crippen LogP contribution in [-0.2, 0) is 18.6 Å². The van der Waals surface area contributed by atoms with Gasteiger partial charge in [0.15, 0.2) is 0 Å². The molecular weight excluding hydrogens is 264 g/mol. The molecule has 1 N–H and O–H groups in total. The van der Waals surface area contributed by atoms with Crippen molar-refractivity contribution < 1.29 is 9.52 Å². The summed E-state index contributed by atoms with van der Waals surface area (Å²) >= 11 is 0. The van der Waals surface area contributed by atoms with Crippen LogP contribution in [0, 0.1) is 0 Å². The van der Waals surface area contributed by atoms with Gasteiger partial charge in [0.25, 0.3) is 0 Å². The first-order chi connectivity index (χ1) is 10.1. The Kier molecular flexibility index (Phi) is 3.55. The third-order valence-electron chi connectivity index (χ3n) is 3.83. The molecule has 4 heteroatoms. The minimum atomic E-state index is -0.986. The summed E-state index contributed by atoms with van der Waals surface area (Å²) in [6, 6.07) is 9.90. The monoisotopic (exact) mass is 284 g/mol. The van der Waals surface area contributed by atoms with Gasteiger partial charge < -0.3 is 14.1 Å². The van der Waals surface area contributed by atoms with Crippen molar-refractivity contribution in [2.75, 3.05) is 0 Å². The predicted molar refractivity (Wildman–Crippen MR) is 82.0 cm³/mol. The second kappa shape index (κ2) is 5.37. The molecule has 1 atom stereocenters. The van der Waals surface area contributed by atoms with Crippen LogP contribution in [0.3, 0.4) is 0 Å². The number of nitrogens with zero attached hydrogens (tertiary/aromatic N) is 2. The second-order valence-electron chi connectivity index (χ2n) is 5.63. The number of para-hydroxylation sites is 2. The van der Waals surface area contributed by atoms with Gasteiger partial charge in [-0.2, -0.15) is 0 Å². The second-order valence-corrected chi connectivity index (χ2v) is 5.63. The SMILES string of the molecule is CCCn1c(CC(C)(O)c2ccoc2)nc2ccccc21. The molecule has 0 spiro atoms. The molecule has 1 aromatic carbocycles. The van der Waals surface area contributed by atoms with Crippen molar-refractivity contribution in [3.05, 3.63) is 54.2 Å². The van der Waals surface area contributed by atoms with Gasteiger partial charge in [-0.15, -0.1) is 0 Å². The summed E-state index contributed by atoms with van der Waals surface area (Å²) in [5, 5.41) is 10.7. The molecule has 0 fully saturated rings. The van der Waals surface area contributed by atoms with E-state index >= 15 is 0 Å². The maximum absolute atomic E-state index is 10.7. The minimum Gasteiger partial charge on any atom is -0.472 e. The van der Waals surface area contributed by atoms with Crippen LogP contribution in [0.1, 0.15) is 31.7 Å². The Morgan fingerprint density at radius 1 is 1.29 bits per heavy atom. The van der Waals surface area contributed by atoms with Gasteiger partial charge in [0, 0.05) is 18.5 Å². The zero-order chi connectivity index (χ0) is 14.9. The molecule has 21 heavy (non-hydrogen) atoms. The highest BCUT2D eigenvalue weighted by molar-refractivity contribution is 5.75. The number of imidazole rings is 1. The molecule has 0 bridgehead atoms. The summed E-state index contributed by atoms with van der Waals surface area (Å²) in [7, 11) is 0. The Balaban J connectivity index is 2.02. The third-order valence-corrected chi connectivity index (χ3v) is 3.83. The number of fused-ring (bicyclic) bond motifs is 1. The van der Waals surface area contributed by atoms with Gasteiger partial charge in [0.05, 0.1) is 29.2 Å². The summed E-state index contributed by atoms with van der Waals surface area (Å²) in [6.07, 6.45) is 4.66. The number of hydrogen-bond donors (Lipinski definition) is 1. The molecule has 110 valence electrons. The highest BCUT2D eigenvalue weighted by Crippen LogP contribution is 2.27. The lowest BCUT2D eigenvalue weighted by atomic mass is 9.95. The Morgan fingerprint density at radius 3 is 2.81 bits per heavy atom. The molecule has 2 aromatic heterocycles. The average Bonchev–Trinajstić information content (AvgIpc) is 3.08. The summed E-state index contributed by atoms with van der Waals surface area (Å²) in [4.78, 5) is 4.70. The van der Waals surface area contributed by atoms with Gasteiger partial charge >= 0.3 is 0 Å². The summed E-state index contributed by atoms with van der Waals surface area (Å²) < 4.78 is 7.29. The largest absolute Gasteiger partial charge is 0.472 e. The lowest BCUT2D eigenvalue weighted by Crippen LogP contribution is -2.25. The molecule has 3 aromatic rings. The van der Waals surface area contributed by atoms with Crippen LogP contribution in [0.4, 0.5) is 0 Å². The van der Waals surface area contributed by atoms with Crippen LogP contribution in [-0.4, -0.2) is 14.7 Å². The fourth-order valence-electron chi connectivity index (χ4n) is 2.71. The summed E-state index contributed by atoms with van der Waals surface area (Å²) in [5.41, 5.74) is 1.89. The highest BCUT2D eigenvalue weighted by Gasteiger charge is 2.27. The fraction of sp³-hybridized carbons (Fsp3) is 0.353. The highest BCUT2D eigenvalue weighted by atomic mass is 16.3. The van der Waals surface area contributed by atoms with Gasteiger partial charge in [-0.1, -0.05) is 19.1 Å². The first kappa shape index (κ1) is 13.9. The number of furan rings is 1. The average molecular weight is 284 g/mol. The van der Waals surface area contributed by atoms with E-state index < -0.39 is 5.60 Å². The summed E-state index contributed by atoms with van der Waals surface area (Å²) in [5.74, 6) is 0.907. The van der Waals surface area contributed by atoms with Crippen molar-refractivity contribution in [1.82, 2.24) is 9.55 Å². The molecule has 0 saturated carbocycles. The van der Waals surface area contributed by atoms with Gasteiger partial charge in [-0.25, -0.2) is 4.98 Å². The summed E-state index contributed by atoms with van der Waals surface area (Å²) in [6.45, 7) is 4.84. The van der Waals surface area contributed by atoms with Gasteiger partial charge in [0.1, 0.15) is 5.82 Å². The lowest BCUT2D eigenvalue weighted by Gasteiger charge is -2.22. The first-order valence-electron chi connectivity index (χ1n) is 7.31. The smallest absolute Gasteiger partial charge is 0.113 e. The molecule has 0 radical (unpaired) electrons. The number of rotatable bonds is 5. The number of aryl methyl sites for hydroxylation is 1. The first-order valence-corrected chi connectivity index (χ1v) is 7.31. The van der Waals surface area contributed by atoms with Crippen molar-refractivity contribution in [3.8, 4) is 0 Å². The molecule has 1 unspecified atom stereocenters. The zero-order valence-corrected chi connectivity index (χ0v) is 12.4. The van der Waals surface area contributed by atoms with E-state index in [1.807, 2.05) is 18.2 Å². The van der Waals surface area contributed by atoms with Gasteiger partial charge in [-0.05, 0) is 31.5 Å². The van der Waals surface area contributed by atoms with E-state index in [4.69, 9.17) is 9.40 Å². The van der Waals surface area contributed by atoms with Crippen LogP contribution in [0.2, 0.25) is 0 Å². The molecule has 4 nitrogen and oxygen atoms in total. The quantitative estimate of drug-likeness (QED) is 0.780. The van der Waals surface area contributed by atoms with Crippen molar-refractivity contribution >= 4 is 11.0 Å². The van der Waals surface area contributed by atoms with Crippen molar-refractivity contribution in [2.24, 2.45) is 0 Å². The molecule has 2 heterocycles. The topological polar surface area (TPSA) is 51.2 Å². The normalized spacial score (nSPS) is 14.4. The molecule has 0 saturated heterocycles. The molecule has 0 aliphatic heterocycles. The lowest BCUT2D eigenvalue weighted by molar-refractivity contribution is 0.0540. The maximum Gasteiger partial charge on any atom is 0.113 e. The molecule has 0 aliphatic carbocycles. The van der Waals surface area contributed by atoms with E-state index in [-0.39, 0.29) is 0 Å². The van der Waals surface area contributed by atoms with E-state index in [0.29, 0.717) is 6.42 Å². The Labute approximate surface area is 124 Å². The molecule has 3 rings (SSSR count). The van der Waals surface area contributed by atoms with Crippen LogP contribution < -0.4 is 0 Å². The Morgan fingerprint density at radius 2 is 2.10 bits per heavy atom. The Bertz CT molecular complexity index is 726. The number of aromatic nitrogens is 2. The van der Waals surface area contributed by atoms with Crippen molar-refractivity contribution in [1.29, 1.82) is 0 Å². The number of benzene rings is 1. The molecular formula is C17H20N2O2. The van der Waals surface area contributed by atoms with Crippen LogP contribution in [0.25, 0.3) is 11.0 Å². The maximum atomic E-state index is 10.7. The Hall–Kier alpha value is -2.07. The predicted octanol–water partition coefficient (Wildman–Crippen LogP) is 3.49. The van der Waals surface area contributed by atoms with Crippen LogP contribution in [0.5, 0.6) is 0 Å². The minimum absolute atomic E-state index is 0.460. The van der Waals surface area contributed by atoms with Gasteiger partial charge in [-0.3, -0.25) is 0 Å². The molecule has 0 aliphatic rings. The van der Waals surface area contributed by atoms with Gasteiger partial charge in [0.2, 0.25) is 0 Å². The van der Waals surface area contributed by atoms with Crippen LogP contribution in [0.15, 0.2) is 47.3 Å². The van der Waals surface area contributed by atoms with E-state index in [1.54, 1.807) is 25.5 Å². The number of hydrogen-bond acceptors (Lipinski definition) is 3. The van der Waals surface area contributed by atoms with E-state index in [9.17, 15) is 5.11 Å². The third kappa shape index (κ3) is 2.59. The van der Waals surface area contributed by atoms with E-state index in [2.05, 4.69) is 17.6 Å². The standard InChI is InChI=1S/C17H20N2O2/c1-3-9-19-15-7-5-4-6-14(15)18-16(19)11-17(2,20)13-8-10-21-12-13/h4-8,10,12,20H,3,9,11H2,1-2H3. The van der Waals surface area contributed by atoms with Crippen molar-refractivity contribution in [3.63, 3.8) is 0 Å². The van der Waals surface area contributed by atoms with Crippen molar-refractivity contribution in [2.45, 2.75) is 38.8 Å². The zero-order valence-electron chi connectivity index (χ0n) is 12.4. The van der Waals surface area contributed by atoms with Crippen LogP contribution >= 0.6 is 0 Å². The number of aliphatic hydroxyl groups is 1.